The van der Waals surface area contributed by atoms with Crippen molar-refractivity contribution in [2.45, 2.75) is 37.3 Å². The summed E-state index contributed by atoms with van der Waals surface area (Å²) in [4.78, 5) is 24.4. The van der Waals surface area contributed by atoms with Crippen LogP contribution >= 0.6 is 11.8 Å². The average molecular weight is 501 g/mol. The van der Waals surface area contributed by atoms with Crippen LogP contribution in [0, 0.1) is 0 Å². The van der Waals surface area contributed by atoms with E-state index in [4.69, 9.17) is 19.9 Å². The molecule has 0 spiro atoms. The highest BCUT2D eigenvalue weighted by Crippen LogP contribution is 2.35. The minimum Gasteiger partial charge on any atom is -0.497 e. The number of aromatic nitrogens is 1. The van der Waals surface area contributed by atoms with E-state index in [1.807, 2.05) is 18.7 Å². The van der Waals surface area contributed by atoms with Gasteiger partial charge in [0.25, 0.3) is 11.5 Å². The molecule has 1 aromatic heterocycles. The zero-order valence-electron chi connectivity index (χ0n) is 19.0. The molecule has 34 heavy (non-hydrogen) atoms. The van der Waals surface area contributed by atoms with Crippen molar-refractivity contribution < 1.29 is 32.2 Å². The number of ether oxygens (including phenoxy) is 3. The number of carbonyl (C=O) groups is 1. The Kier molecular flexibility index (Phi) is 9.91. The van der Waals surface area contributed by atoms with Crippen molar-refractivity contribution in [1.29, 1.82) is 0 Å². The number of hydrogen-bond acceptors (Lipinski definition) is 6. The number of nitrogens with two attached hydrogens (primary N) is 1. The monoisotopic (exact) mass is 500 g/mol. The Morgan fingerprint density at radius 3 is 2.21 bits per heavy atom. The molecule has 1 saturated carbocycles. The van der Waals surface area contributed by atoms with Crippen LogP contribution in [0.2, 0.25) is 0 Å². The molecular weight excluding hydrogens is 473 g/mol. The summed E-state index contributed by atoms with van der Waals surface area (Å²) < 4.78 is 54.0. The van der Waals surface area contributed by atoms with Gasteiger partial charge in [0, 0.05) is 10.8 Å². The van der Waals surface area contributed by atoms with Gasteiger partial charge in [-0.1, -0.05) is 12.1 Å². The molecule has 1 aliphatic carbocycles. The second-order valence-corrected chi connectivity index (χ2v) is 8.52. The summed E-state index contributed by atoms with van der Waals surface area (Å²) in [6, 6.07) is 6.53. The Labute approximate surface area is 199 Å². The van der Waals surface area contributed by atoms with Crippen LogP contribution in [0.3, 0.4) is 0 Å². The molecule has 2 heterocycles. The second-order valence-electron chi connectivity index (χ2n) is 7.38. The highest BCUT2D eigenvalue weighted by Gasteiger charge is 2.36. The summed E-state index contributed by atoms with van der Waals surface area (Å²) in [5.74, 6) is -0.651. The molecule has 7 nitrogen and oxygen atoms in total. The Morgan fingerprint density at radius 2 is 1.85 bits per heavy atom. The normalized spacial score (nSPS) is 16.6. The van der Waals surface area contributed by atoms with Crippen molar-refractivity contribution in [2.75, 3.05) is 20.0 Å². The van der Waals surface area contributed by atoms with E-state index in [0.29, 0.717) is 12.4 Å². The van der Waals surface area contributed by atoms with Gasteiger partial charge in [0.15, 0.2) is 0 Å². The lowest BCUT2D eigenvalue weighted by molar-refractivity contribution is -0.140. The van der Waals surface area contributed by atoms with E-state index in [2.05, 4.69) is 6.26 Å². The molecule has 2 aliphatic rings. The smallest absolute Gasteiger partial charge is 0.431 e. The average Bonchev–Trinajstić information content (AvgIpc) is 3.64. The van der Waals surface area contributed by atoms with Crippen molar-refractivity contribution in [3.63, 3.8) is 0 Å². The summed E-state index contributed by atoms with van der Waals surface area (Å²) in [5, 5.41) is 1.05. The Bertz CT molecular complexity index is 1030. The molecule has 186 valence electrons. The summed E-state index contributed by atoms with van der Waals surface area (Å²) in [7, 11) is 1.42. The predicted molar refractivity (Wildman–Crippen MR) is 125 cm³/mol. The lowest BCUT2D eigenvalue weighted by atomic mass is 10.0. The molecule has 1 aliphatic heterocycles. The lowest BCUT2D eigenvalue weighted by Gasteiger charge is -2.14. The summed E-state index contributed by atoms with van der Waals surface area (Å²) in [6.45, 7) is 2.64. The quantitative estimate of drug-likeness (QED) is 0.637. The van der Waals surface area contributed by atoms with Crippen LogP contribution in [-0.2, 0) is 15.7 Å². The fraction of sp³-hybridized carbons (Fsp3) is 0.391. The van der Waals surface area contributed by atoms with Gasteiger partial charge >= 0.3 is 6.18 Å². The number of H-pyrrole nitrogens is 1. The van der Waals surface area contributed by atoms with Crippen molar-refractivity contribution in [3.8, 4) is 16.9 Å². The number of amides is 1. The number of hydrogen-bond donors (Lipinski definition) is 2. The number of aromatic amines is 1. The van der Waals surface area contributed by atoms with Gasteiger partial charge in [-0.25, -0.2) is 0 Å². The number of benzene rings is 1. The second kappa shape index (κ2) is 12.4. The molecule has 1 aromatic carbocycles. The van der Waals surface area contributed by atoms with Crippen molar-refractivity contribution in [2.24, 2.45) is 5.73 Å². The fourth-order valence-electron chi connectivity index (χ4n) is 2.67. The van der Waals surface area contributed by atoms with Crippen LogP contribution in [0.1, 0.15) is 35.8 Å². The number of methoxy groups -OCH3 is 1. The van der Waals surface area contributed by atoms with Gasteiger partial charge in [0.1, 0.15) is 42.2 Å². The van der Waals surface area contributed by atoms with Gasteiger partial charge in [-0.2, -0.15) is 24.9 Å². The zero-order valence-corrected chi connectivity index (χ0v) is 19.8. The first-order valence-electron chi connectivity index (χ1n) is 10.3. The molecule has 1 atom stereocenters. The Balaban J connectivity index is 0.000000274. The molecule has 3 N–H and O–H groups in total. The summed E-state index contributed by atoms with van der Waals surface area (Å²) >= 11 is 1.99. The van der Waals surface area contributed by atoms with Gasteiger partial charge in [0.2, 0.25) is 0 Å². The van der Waals surface area contributed by atoms with E-state index < -0.39 is 28.9 Å². The maximum atomic E-state index is 13.1. The summed E-state index contributed by atoms with van der Waals surface area (Å²) in [5.41, 5.74) is 1.85. The van der Waals surface area contributed by atoms with E-state index in [-0.39, 0.29) is 17.2 Å². The van der Waals surface area contributed by atoms with E-state index in [1.165, 1.54) is 44.2 Å². The van der Waals surface area contributed by atoms with Crippen LogP contribution in [0.4, 0.5) is 13.2 Å². The van der Waals surface area contributed by atoms with Gasteiger partial charge in [0.05, 0.1) is 7.11 Å². The largest absolute Gasteiger partial charge is 0.497 e. The SMILES string of the molecule is CC1COC=CO1.COc1ccc(-c2cc(C(N)=O)c(=O)[nH]c2C(F)(F)F)cc1.CSC1CC1. The first-order valence-corrected chi connectivity index (χ1v) is 11.6. The number of alkyl halides is 3. The van der Waals surface area contributed by atoms with Gasteiger partial charge in [-0.15, -0.1) is 0 Å². The number of pyridine rings is 1. The lowest BCUT2D eigenvalue weighted by Crippen LogP contribution is -2.27. The molecular formula is C23H27F3N2O5S. The third kappa shape index (κ3) is 8.36. The summed E-state index contributed by atoms with van der Waals surface area (Å²) in [6.07, 6.45) is 3.68. The van der Waals surface area contributed by atoms with Crippen LogP contribution in [0.25, 0.3) is 11.1 Å². The molecule has 0 saturated heterocycles. The zero-order chi connectivity index (χ0) is 25.3. The van der Waals surface area contributed by atoms with Crippen LogP contribution in [-0.4, -0.2) is 42.2 Å². The molecule has 4 rings (SSSR count). The molecule has 2 aromatic rings. The third-order valence-corrected chi connectivity index (χ3v) is 5.78. The number of halogens is 3. The maximum Gasteiger partial charge on any atom is 0.431 e. The topological polar surface area (TPSA) is 104 Å². The van der Waals surface area contributed by atoms with Crippen molar-refractivity contribution >= 4 is 17.7 Å². The minimum atomic E-state index is -4.79. The van der Waals surface area contributed by atoms with E-state index >= 15 is 0 Å². The number of nitrogens with one attached hydrogen (secondary N) is 1. The third-order valence-electron chi connectivity index (χ3n) is 4.64. The van der Waals surface area contributed by atoms with Crippen LogP contribution in [0.5, 0.6) is 5.75 Å². The molecule has 0 bridgehead atoms. The molecule has 1 unspecified atom stereocenters. The molecule has 11 heteroatoms. The van der Waals surface area contributed by atoms with E-state index in [1.54, 1.807) is 17.5 Å². The standard InChI is InChI=1S/C14H11F3N2O3.C5H8O2.C4H8S/c1-22-8-4-2-7(3-5-8)9-6-10(12(18)20)13(21)19-11(9)14(15,16)17;1-5-4-6-2-3-7-5;1-5-4-2-3-4/h2-6H,1H3,(H2,18,20)(H,19,21);2-3,5H,4H2,1H3;4H,2-3H2,1H3. The van der Waals surface area contributed by atoms with Gasteiger partial charge < -0.3 is 24.9 Å². The minimum absolute atomic E-state index is 0.159. The maximum absolute atomic E-state index is 13.1. The predicted octanol–water partition coefficient (Wildman–Crippen LogP) is 4.57. The first kappa shape index (κ1) is 27.2. The highest BCUT2D eigenvalue weighted by molar-refractivity contribution is 7.99. The fourth-order valence-corrected chi connectivity index (χ4v) is 3.28. The Hall–Kier alpha value is -3.08. The van der Waals surface area contributed by atoms with Crippen molar-refractivity contribution in [3.05, 3.63) is 64.5 Å². The van der Waals surface area contributed by atoms with Gasteiger partial charge in [-0.05, 0) is 49.8 Å². The number of primary amides is 1. The molecule has 0 radical (unpaired) electrons. The van der Waals surface area contributed by atoms with Gasteiger partial charge in [-0.3, -0.25) is 9.59 Å². The number of thioether (sulfide) groups is 1. The number of rotatable bonds is 4. The van der Waals surface area contributed by atoms with E-state index in [9.17, 15) is 22.8 Å². The Morgan fingerprint density at radius 1 is 1.21 bits per heavy atom. The number of carbonyl (C=O) groups excluding carboxylic acids is 1. The van der Waals surface area contributed by atoms with Crippen LogP contribution in [0.15, 0.2) is 47.7 Å². The van der Waals surface area contributed by atoms with Crippen molar-refractivity contribution in [1.82, 2.24) is 4.98 Å². The molecule has 1 amide bonds. The molecule has 1 fully saturated rings. The van der Waals surface area contributed by atoms with Crippen LogP contribution < -0.4 is 16.0 Å². The van der Waals surface area contributed by atoms with E-state index in [0.717, 1.165) is 11.3 Å². The first-order chi connectivity index (χ1) is 16.1. The highest BCUT2D eigenvalue weighted by atomic mass is 32.2.